The Bertz CT molecular complexity index is 133. The topological polar surface area (TPSA) is 9.23 Å². The molecule has 0 aromatic rings. The molecular formula is C13H26O. The highest BCUT2D eigenvalue weighted by Gasteiger charge is 2.18. The highest BCUT2D eigenvalue weighted by Crippen LogP contribution is 2.23. The maximum atomic E-state index is 5.75. The second-order valence-corrected chi connectivity index (χ2v) is 4.83. The van der Waals surface area contributed by atoms with E-state index in [4.69, 9.17) is 4.74 Å². The van der Waals surface area contributed by atoms with Crippen molar-refractivity contribution in [3.63, 3.8) is 0 Å². The van der Waals surface area contributed by atoms with Gasteiger partial charge in [-0.25, -0.2) is 0 Å². The lowest BCUT2D eigenvalue weighted by Gasteiger charge is -2.27. The molecule has 84 valence electrons. The van der Waals surface area contributed by atoms with Gasteiger partial charge in [0.05, 0.1) is 6.10 Å². The lowest BCUT2D eigenvalue weighted by molar-refractivity contribution is -0.0105. The minimum atomic E-state index is 0.584. The summed E-state index contributed by atoms with van der Waals surface area (Å²) < 4.78 is 5.75. The lowest BCUT2D eigenvalue weighted by atomic mass is 9.94. The van der Waals surface area contributed by atoms with E-state index in [1.165, 1.54) is 51.4 Å². The van der Waals surface area contributed by atoms with Crippen LogP contribution in [0.3, 0.4) is 0 Å². The standard InChI is InChI=1S/C13H26O/c1-3-4-5-6-7-8-13-11-12(2)9-10-14-13/h12-13H,3-11H2,1-2H3. The number of hydrogen-bond donors (Lipinski definition) is 0. The minimum absolute atomic E-state index is 0.584. The Morgan fingerprint density at radius 2 is 1.93 bits per heavy atom. The van der Waals surface area contributed by atoms with E-state index in [0.717, 1.165) is 12.5 Å². The average molecular weight is 198 g/mol. The predicted molar refractivity (Wildman–Crippen MR) is 61.5 cm³/mol. The fourth-order valence-electron chi connectivity index (χ4n) is 2.25. The van der Waals surface area contributed by atoms with Crippen LogP contribution in [0.15, 0.2) is 0 Å². The van der Waals surface area contributed by atoms with E-state index in [0.29, 0.717) is 6.10 Å². The molecule has 0 aliphatic carbocycles. The quantitative estimate of drug-likeness (QED) is 0.582. The van der Waals surface area contributed by atoms with Gasteiger partial charge in [0.25, 0.3) is 0 Å². The van der Waals surface area contributed by atoms with E-state index >= 15 is 0 Å². The van der Waals surface area contributed by atoms with Crippen LogP contribution in [0.1, 0.15) is 65.2 Å². The zero-order valence-electron chi connectivity index (χ0n) is 9.93. The second kappa shape index (κ2) is 7.28. The van der Waals surface area contributed by atoms with Crippen LogP contribution in [-0.4, -0.2) is 12.7 Å². The first kappa shape index (κ1) is 12.0. The normalized spacial score (nSPS) is 27.9. The van der Waals surface area contributed by atoms with Crippen LogP contribution >= 0.6 is 0 Å². The van der Waals surface area contributed by atoms with Crippen LogP contribution in [0.4, 0.5) is 0 Å². The van der Waals surface area contributed by atoms with Gasteiger partial charge in [-0.1, -0.05) is 46.0 Å². The van der Waals surface area contributed by atoms with Gasteiger partial charge in [0.2, 0.25) is 0 Å². The molecule has 0 amide bonds. The molecule has 0 spiro atoms. The van der Waals surface area contributed by atoms with Gasteiger partial charge in [0, 0.05) is 6.61 Å². The summed E-state index contributed by atoms with van der Waals surface area (Å²) in [6.45, 7) is 5.62. The van der Waals surface area contributed by atoms with Crippen molar-refractivity contribution in [1.29, 1.82) is 0 Å². The van der Waals surface area contributed by atoms with Crippen molar-refractivity contribution in [3.8, 4) is 0 Å². The third kappa shape index (κ3) is 4.99. The van der Waals surface area contributed by atoms with E-state index in [1.807, 2.05) is 0 Å². The van der Waals surface area contributed by atoms with Gasteiger partial charge in [-0.15, -0.1) is 0 Å². The van der Waals surface area contributed by atoms with E-state index in [2.05, 4.69) is 13.8 Å². The number of rotatable bonds is 6. The molecule has 1 saturated heterocycles. The highest BCUT2D eigenvalue weighted by molar-refractivity contribution is 4.68. The summed E-state index contributed by atoms with van der Waals surface area (Å²) in [6, 6.07) is 0. The Hall–Kier alpha value is -0.0400. The smallest absolute Gasteiger partial charge is 0.0577 e. The average Bonchev–Trinajstić information content (AvgIpc) is 2.18. The maximum absolute atomic E-state index is 5.75. The first-order valence-corrected chi connectivity index (χ1v) is 6.44. The Kier molecular flexibility index (Phi) is 6.25. The second-order valence-electron chi connectivity index (χ2n) is 4.83. The van der Waals surface area contributed by atoms with Crippen LogP contribution in [-0.2, 0) is 4.74 Å². The number of hydrogen-bond acceptors (Lipinski definition) is 1. The van der Waals surface area contributed by atoms with Crippen molar-refractivity contribution in [1.82, 2.24) is 0 Å². The summed E-state index contributed by atoms with van der Waals surface area (Å²) in [5.74, 6) is 0.893. The Morgan fingerprint density at radius 3 is 2.64 bits per heavy atom. The van der Waals surface area contributed by atoms with E-state index in [-0.39, 0.29) is 0 Å². The van der Waals surface area contributed by atoms with E-state index in [9.17, 15) is 0 Å². The van der Waals surface area contributed by atoms with Crippen LogP contribution in [0.25, 0.3) is 0 Å². The summed E-state index contributed by atoms with van der Waals surface area (Å²) in [5.41, 5.74) is 0. The molecule has 1 aliphatic heterocycles. The fraction of sp³-hybridized carbons (Fsp3) is 1.00. The molecule has 0 aromatic carbocycles. The Balaban J connectivity index is 1.95. The van der Waals surface area contributed by atoms with Crippen LogP contribution in [0.2, 0.25) is 0 Å². The minimum Gasteiger partial charge on any atom is -0.378 e. The predicted octanol–water partition coefficient (Wildman–Crippen LogP) is 4.16. The fourth-order valence-corrected chi connectivity index (χ4v) is 2.25. The summed E-state index contributed by atoms with van der Waals surface area (Å²) in [5, 5.41) is 0. The number of ether oxygens (including phenoxy) is 1. The summed E-state index contributed by atoms with van der Waals surface area (Å²) in [4.78, 5) is 0. The highest BCUT2D eigenvalue weighted by atomic mass is 16.5. The molecule has 1 aliphatic rings. The third-order valence-electron chi connectivity index (χ3n) is 3.26. The zero-order chi connectivity index (χ0) is 10.2. The zero-order valence-corrected chi connectivity index (χ0v) is 9.93. The van der Waals surface area contributed by atoms with Crippen molar-refractivity contribution in [2.24, 2.45) is 5.92 Å². The van der Waals surface area contributed by atoms with Crippen LogP contribution in [0, 0.1) is 5.92 Å². The third-order valence-corrected chi connectivity index (χ3v) is 3.26. The van der Waals surface area contributed by atoms with Gasteiger partial charge in [0.15, 0.2) is 0 Å². The monoisotopic (exact) mass is 198 g/mol. The van der Waals surface area contributed by atoms with Gasteiger partial charge >= 0.3 is 0 Å². The summed E-state index contributed by atoms with van der Waals surface area (Å²) in [6.07, 6.45) is 11.4. The summed E-state index contributed by atoms with van der Waals surface area (Å²) >= 11 is 0. The molecule has 1 nitrogen and oxygen atoms in total. The van der Waals surface area contributed by atoms with Gasteiger partial charge in [-0.2, -0.15) is 0 Å². The first-order chi connectivity index (χ1) is 6.83. The Labute approximate surface area is 89.2 Å². The van der Waals surface area contributed by atoms with Gasteiger partial charge < -0.3 is 4.74 Å². The molecule has 1 heterocycles. The SMILES string of the molecule is CCCCCCCC1CC(C)CCO1. The van der Waals surface area contributed by atoms with Gasteiger partial charge in [-0.05, 0) is 25.2 Å². The summed E-state index contributed by atoms with van der Waals surface area (Å²) in [7, 11) is 0. The molecule has 0 bridgehead atoms. The van der Waals surface area contributed by atoms with Crippen molar-refractivity contribution in [3.05, 3.63) is 0 Å². The van der Waals surface area contributed by atoms with Crippen molar-refractivity contribution >= 4 is 0 Å². The van der Waals surface area contributed by atoms with Crippen molar-refractivity contribution in [2.45, 2.75) is 71.3 Å². The molecule has 1 rings (SSSR count). The molecule has 0 N–H and O–H groups in total. The maximum Gasteiger partial charge on any atom is 0.0577 e. The van der Waals surface area contributed by atoms with Crippen LogP contribution < -0.4 is 0 Å². The molecule has 1 heteroatoms. The molecular weight excluding hydrogens is 172 g/mol. The van der Waals surface area contributed by atoms with Crippen molar-refractivity contribution < 1.29 is 4.74 Å². The Morgan fingerprint density at radius 1 is 1.14 bits per heavy atom. The molecule has 2 unspecified atom stereocenters. The van der Waals surface area contributed by atoms with Crippen molar-refractivity contribution in [2.75, 3.05) is 6.61 Å². The van der Waals surface area contributed by atoms with Crippen LogP contribution in [0.5, 0.6) is 0 Å². The first-order valence-electron chi connectivity index (χ1n) is 6.44. The lowest BCUT2D eigenvalue weighted by Crippen LogP contribution is -2.24. The molecule has 0 aromatic heterocycles. The van der Waals surface area contributed by atoms with E-state index in [1.54, 1.807) is 0 Å². The molecule has 1 fully saturated rings. The van der Waals surface area contributed by atoms with E-state index < -0.39 is 0 Å². The van der Waals surface area contributed by atoms with Gasteiger partial charge in [0.1, 0.15) is 0 Å². The molecule has 2 atom stereocenters. The molecule has 14 heavy (non-hydrogen) atoms. The van der Waals surface area contributed by atoms with Gasteiger partial charge in [-0.3, -0.25) is 0 Å². The largest absolute Gasteiger partial charge is 0.378 e. The molecule has 0 saturated carbocycles. The number of unbranched alkanes of at least 4 members (excludes halogenated alkanes) is 4. The molecule has 0 radical (unpaired) electrons.